The van der Waals surface area contributed by atoms with Gasteiger partial charge in [0.25, 0.3) is 0 Å². The first kappa shape index (κ1) is 17.4. The lowest BCUT2D eigenvalue weighted by atomic mass is 10.1. The molecule has 6 heteroatoms. The van der Waals surface area contributed by atoms with Crippen LogP contribution in [0.1, 0.15) is 31.9 Å². The van der Waals surface area contributed by atoms with E-state index in [2.05, 4.69) is 5.73 Å². The van der Waals surface area contributed by atoms with Gasteiger partial charge in [-0.1, -0.05) is 23.7 Å². The molecule has 3 N–H and O–H groups in total. The summed E-state index contributed by atoms with van der Waals surface area (Å²) in [7, 11) is 0. The SMILES string of the molecule is CC(=O)[O-].CCOC(=O)C[C@H]([NH3+])c1cccc(Cl)c1. The molecule has 19 heavy (non-hydrogen) atoms. The highest BCUT2D eigenvalue weighted by molar-refractivity contribution is 6.30. The van der Waals surface area contributed by atoms with Gasteiger partial charge in [0, 0.05) is 16.6 Å². The Bertz CT molecular complexity index is 419. The topological polar surface area (TPSA) is 94.1 Å². The molecule has 1 aromatic carbocycles. The first-order valence-corrected chi connectivity index (χ1v) is 6.16. The van der Waals surface area contributed by atoms with Gasteiger partial charge in [-0.15, -0.1) is 0 Å². The summed E-state index contributed by atoms with van der Waals surface area (Å²) < 4.78 is 4.85. The predicted molar refractivity (Wildman–Crippen MR) is 69.0 cm³/mol. The first-order chi connectivity index (χ1) is 8.86. The van der Waals surface area contributed by atoms with Crippen molar-refractivity contribution in [3.8, 4) is 0 Å². The summed E-state index contributed by atoms with van der Waals surface area (Å²) in [6.07, 6.45) is 0.286. The van der Waals surface area contributed by atoms with Crippen molar-refractivity contribution in [2.45, 2.75) is 26.3 Å². The van der Waals surface area contributed by atoms with E-state index in [9.17, 15) is 4.79 Å². The Morgan fingerprint density at radius 1 is 1.47 bits per heavy atom. The van der Waals surface area contributed by atoms with Crippen LogP contribution in [0.3, 0.4) is 0 Å². The molecule has 0 amide bonds. The number of halogens is 1. The number of ether oxygens (including phenoxy) is 1. The second-order valence-corrected chi connectivity index (χ2v) is 4.19. The highest BCUT2D eigenvalue weighted by atomic mass is 35.5. The van der Waals surface area contributed by atoms with Crippen LogP contribution in [-0.2, 0) is 14.3 Å². The zero-order valence-corrected chi connectivity index (χ0v) is 11.8. The molecule has 0 saturated carbocycles. The van der Waals surface area contributed by atoms with Gasteiger partial charge in [-0.05, 0) is 26.0 Å². The number of aliphatic carboxylic acids is 1. The number of carbonyl (C=O) groups is 2. The van der Waals surface area contributed by atoms with Crippen molar-refractivity contribution in [1.29, 1.82) is 0 Å². The van der Waals surface area contributed by atoms with E-state index in [1.165, 1.54) is 0 Å². The second-order valence-electron chi connectivity index (χ2n) is 3.75. The highest BCUT2D eigenvalue weighted by Gasteiger charge is 2.15. The Morgan fingerprint density at radius 3 is 2.53 bits per heavy atom. The lowest BCUT2D eigenvalue weighted by Crippen LogP contribution is -2.54. The second kappa shape index (κ2) is 9.35. The third kappa shape index (κ3) is 9.04. The van der Waals surface area contributed by atoms with E-state index in [-0.39, 0.29) is 18.4 Å². The van der Waals surface area contributed by atoms with Gasteiger partial charge in [0.2, 0.25) is 0 Å². The molecule has 106 valence electrons. The molecule has 0 spiro atoms. The molecular formula is C13H18ClNO4. The molecule has 0 saturated heterocycles. The van der Waals surface area contributed by atoms with E-state index in [0.717, 1.165) is 12.5 Å². The highest BCUT2D eigenvalue weighted by Crippen LogP contribution is 2.17. The lowest BCUT2D eigenvalue weighted by Gasteiger charge is -2.08. The standard InChI is InChI=1S/C11H14ClNO2.C2H4O2/c1-2-15-11(14)7-10(13)8-4-3-5-9(12)6-8;1-2(3)4/h3-6,10H,2,7,13H2,1H3;1H3,(H,3,4)/t10-;/m0./s1. The fourth-order valence-electron chi connectivity index (χ4n) is 1.30. The monoisotopic (exact) mass is 287 g/mol. The van der Waals surface area contributed by atoms with Crippen molar-refractivity contribution in [3.63, 3.8) is 0 Å². The molecule has 0 bridgehead atoms. The number of quaternary nitrogens is 1. The molecule has 0 aliphatic carbocycles. The third-order valence-corrected chi connectivity index (χ3v) is 2.27. The first-order valence-electron chi connectivity index (χ1n) is 5.78. The number of hydrogen-bond acceptors (Lipinski definition) is 4. The summed E-state index contributed by atoms with van der Waals surface area (Å²) >= 11 is 5.84. The number of esters is 1. The average Bonchev–Trinajstić information content (AvgIpc) is 2.28. The van der Waals surface area contributed by atoms with Crippen LogP contribution in [-0.4, -0.2) is 18.5 Å². The van der Waals surface area contributed by atoms with Gasteiger partial charge >= 0.3 is 5.97 Å². The Morgan fingerprint density at radius 2 is 2.05 bits per heavy atom. The smallest absolute Gasteiger partial charge is 0.312 e. The fourth-order valence-corrected chi connectivity index (χ4v) is 1.50. The maximum absolute atomic E-state index is 11.2. The summed E-state index contributed by atoms with van der Waals surface area (Å²) in [6, 6.07) is 7.26. The van der Waals surface area contributed by atoms with Crippen LogP contribution in [0.5, 0.6) is 0 Å². The Hall–Kier alpha value is -1.59. The molecule has 0 aliphatic rings. The van der Waals surface area contributed by atoms with E-state index in [1.54, 1.807) is 13.0 Å². The minimum atomic E-state index is -1.08. The largest absolute Gasteiger partial charge is 0.550 e. The van der Waals surface area contributed by atoms with E-state index in [1.807, 2.05) is 18.2 Å². The van der Waals surface area contributed by atoms with E-state index < -0.39 is 5.97 Å². The molecule has 0 aromatic heterocycles. The summed E-state index contributed by atoms with van der Waals surface area (Å²) in [5, 5.41) is 9.55. The zero-order chi connectivity index (χ0) is 14.8. The van der Waals surface area contributed by atoms with Crippen molar-refractivity contribution in [2.24, 2.45) is 0 Å². The molecule has 1 aromatic rings. The van der Waals surface area contributed by atoms with Crippen LogP contribution in [0.25, 0.3) is 0 Å². The van der Waals surface area contributed by atoms with Crippen molar-refractivity contribution in [2.75, 3.05) is 6.61 Å². The summed E-state index contributed by atoms with van der Waals surface area (Å²) in [5.74, 6) is -1.31. The summed E-state index contributed by atoms with van der Waals surface area (Å²) in [4.78, 5) is 20.1. The van der Waals surface area contributed by atoms with Crippen LogP contribution >= 0.6 is 11.6 Å². The zero-order valence-electron chi connectivity index (χ0n) is 11.0. The van der Waals surface area contributed by atoms with Gasteiger partial charge in [-0.25, -0.2) is 0 Å². The Kier molecular flexibility index (Phi) is 8.57. The summed E-state index contributed by atoms with van der Waals surface area (Å²) in [5.41, 5.74) is 4.87. The van der Waals surface area contributed by atoms with Crippen molar-refractivity contribution >= 4 is 23.5 Å². The van der Waals surface area contributed by atoms with Crippen LogP contribution in [0, 0.1) is 0 Å². The average molecular weight is 288 g/mol. The Balaban J connectivity index is 0.000000711. The van der Waals surface area contributed by atoms with Crippen molar-refractivity contribution in [1.82, 2.24) is 0 Å². The van der Waals surface area contributed by atoms with Crippen LogP contribution in [0.15, 0.2) is 24.3 Å². The number of carboxylic acid groups (broad SMARTS) is 1. The van der Waals surface area contributed by atoms with Crippen molar-refractivity contribution < 1.29 is 25.2 Å². The van der Waals surface area contributed by atoms with Crippen LogP contribution in [0.2, 0.25) is 5.02 Å². The van der Waals surface area contributed by atoms with E-state index in [0.29, 0.717) is 11.6 Å². The molecule has 1 rings (SSSR count). The third-order valence-electron chi connectivity index (χ3n) is 2.04. The van der Waals surface area contributed by atoms with Crippen LogP contribution < -0.4 is 10.8 Å². The molecule has 0 fully saturated rings. The summed E-state index contributed by atoms with van der Waals surface area (Å²) in [6.45, 7) is 3.16. The molecule has 0 aliphatic heterocycles. The van der Waals surface area contributed by atoms with Gasteiger partial charge in [-0.3, -0.25) is 4.79 Å². The molecule has 5 nitrogen and oxygen atoms in total. The predicted octanol–water partition coefficient (Wildman–Crippen LogP) is 0.332. The number of benzene rings is 1. The van der Waals surface area contributed by atoms with Gasteiger partial charge in [0.05, 0.1) is 6.61 Å². The molecule has 0 heterocycles. The van der Waals surface area contributed by atoms with Gasteiger partial charge in [-0.2, -0.15) is 0 Å². The molecular weight excluding hydrogens is 270 g/mol. The minimum Gasteiger partial charge on any atom is -0.550 e. The number of carbonyl (C=O) groups excluding carboxylic acids is 2. The lowest BCUT2D eigenvalue weighted by molar-refractivity contribution is -0.425. The normalized spacial score (nSPS) is 10.9. The van der Waals surface area contributed by atoms with E-state index in [4.69, 9.17) is 26.2 Å². The fraction of sp³-hybridized carbons (Fsp3) is 0.385. The van der Waals surface area contributed by atoms with Crippen molar-refractivity contribution in [3.05, 3.63) is 34.9 Å². The van der Waals surface area contributed by atoms with Gasteiger partial charge in [0.1, 0.15) is 12.5 Å². The quantitative estimate of drug-likeness (QED) is 0.808. The van der Waals surface area contributed by atoms with Crippen LogP contribution in [0.4, 0.5) is 0 Å². The number of hydrogen-bond donors (Lipinski definition) is 1. The maximum Gasteiger partial charge on any atom is 0.312 e. The number of carboxylic acids is 1. The number of rotatable bonds is 4. The molecule has 0 radical (unpaired) electrons. The van der Waals surface area contributed by atoms with E-state index >= 15 is 0 Å². The van der Waals surface area contributed by atoms with Gasteiger partial charge < -0.3 is 20.4 Å². The Labute approximate surface area is 117 Å². The maximum atomic E-state index is 11.2. The van der Waals surface area contributed by atoms with Gasteiger partial charge in [0.15, 0.2) is 0 Å². The molecule has 1 atom stereocenters. The molecule has 0 unspecified atom stereocenters. The minimum absolute atomic E-state index is 0.109.